The number of hydrogen-bond acceptors (Lipinski definition) is 5. The number of nitrogens with zero attached hydrogens (tertiary/aromatic N) is 5. The Labute approximate surface area is 131 Å². The second-order valence-corrected chi connectivity index (χ2v) is 6.49. The molecule has 114 valence electrons. The van der Waals surface area contributed by atoms with Gasteiger partial charge in [0, 0.05) is 5.56 Å². The quantitative estimate of drug-likeness (QED) is 0.745. The normalized spacial score (nSPS) is 16.4. The van der Waals surface area contributed by atoms with E-state index in [1.54, 1.807) is 16.6 Å². The predicted octanol–water partition coefficient (Wildman–Crippen LogP) is 2.98. The summed E-state index contributed by atoms with van der Waals surface area (Å²) in [7, 11) is 0. The third kappa shape index (κ3) is 2.50. The van der Waals surface area contributed by atoms with Crippen molar-refractivity contribution in [2.45, 2.75) is 25.8 Å². The molecule has 1 aromatic carbocycles. The van der Waals surface area contributed by atoms with Crippen molar-refractivity contribution in [3.05, 3.63) is 35.9 Å². The first-order chi connectivity index (χ1) is 10.8. The molecule has 0 radical (unpaired) electrons. The highest BCUT2D eigenvalue weighted by atomic mass is 32.1. The van der Waals surface area contributed by atoms with Crippen LogP contribution >= 0.6 is 11.3 Å². The zero-order chi connectivity index (χ0) is 14.9. The van der Waals surface area contributed by atoms with Crippen LogP contribution in [0.15, 0.2) is 24.3 Å². The minimum Gasteiger partial charge on any atom is -0.296 e. The molecule has 0 spiro atoms. The average molecular weight is 317 g/mol. The standard InChI is InChI=1S/C15H16FN5S/c16-12-7-3-2-6-11(12)14-19-21-13(17-18-15(21)22-14)10-20-8-4-1-5-9-20/h2-3,6-7H,1,4-5,8-10H2. The summed E-state index contributed by atoms with van der Waals surface area (Å²) in [6.07, 6.45) is 3.78. The molecule has 22 heavy (non-hydrogen) atoms. The Morgan fingerprint density at radius 3 is 2.73 bits per heavy atom. The highest BCUT2D eigenvalue weighted by Crippen LogP contribution is 2.27. The van der Waals surface area contributed by atoms with Crippen LogP contribution in [0.3, 0.4) is 0 Å². The largest absolute Gasteiger partial charge is 0.296 e. The topological polar surface area (TPSA) is 46.3 Å². The van der Waals surface area contributed by atoms with E-state index in [0.717, 1.165) is 25.5 Å². The molecule has 0 saturated carbocycles. The maximum Gasteiger partial charge on any atom is 0.235 e. The molecule has 2 aromatic heterocycles. The van der Waals surface area contributed by atoms with Crippen molar-refractivity contribution in [2.24, 2.45) is 0 Å². The molecule has 3 aromatic rings. The minimum atomic E-state index is -0.259. The van der Waals surface area contributed by atoms with Crippen LogP contribution < -0.4 is 0 Å². The van der Waals surface area contributed by atoms with Gasteiger partial charge in [-0.15, -0.1) is 10.2 Å². The number of rotatable bonds is 3. The van der Waals surface area contributed by atoms with E-state index in [1.807, 2.05) is 6.07 Å². The van der Waals surface area contributed by atoms with Crippen LogP contribution in [0.4, 0.5) is 4.39 Å². The van der Waals surface area contributed by atoms with Crippen molar-refractivity contribution < 1.29 is 4.39 Å². The molecular weight excluding hydrogens is 301 g/mol. The molecule has 0 amide bonds. The van der Waals surface area contributed by atoms with E-state index in [4.69, 9.17) is 0 Å². The number of piperidine rings is 1. The van der Waals surface area contributed by atoms with Gasteiger partial charge in [-0.2, -0.15) is 9.61 Å². The Morgan fingerprint density at radius 1 is 1.09 bits per heavy atom. The monoisotopic (exact) mass is 317 g/mol. The number of hydrogen-bond donors (Lipinski definition) is 0. The van der Waals surface area contributed by atoms with E-state index in [1.165, 1.54) is 36.7 Å². The zero-order valence-electron chi connectivity index (χ0n) is 12.1. The number of benzene rings is 1. The summed E-state index contributed by atoms with van der Waals surface area (Å²) in [5.41, 5.74) is 0.516. The van der Waals surface area contributed by atoms with Crippen molar-refractivity contribution in [2.75, 3.05) is 13.1 Å². The second kappa shape index (κ2) is 5.73. The lowest BCUT2D eigenvalue weighted by molar-refractivity contribution is 0.214. The van der Waals surface area contributed by atoms with Crippen LogP contribution in [-0.2, 0) is 6.54 Å². The summed E-state index contributed by atoms with van der Waals surface area (Å²) in [5.74, 6) is 0.570. The Balaban J connectivity index is 1.66. The number of aromatic nitrogens is 4. The van der Waals surface area contributed by atoms with Crippen molar-refractivity contribution in [1.29, 1.82) is 0 Å². The van der Waals surface area contributed by atoms with E-state index in [0.29, 0.717) is 15.5 Å². The van der Waals surface area contributed by atoms with Gasteiger partial charge in [-0.3, -0.25) is 4.90 Å². The second-order valence-electron chi connectivity index (χ2n) is 5.53. The van der Waals surface area contributed by atoms with Gasteiger partial charge in [0.1, 0.15) is 5.82 Å². The fourth-order valence-corrected chi connectivity index (χ4v) is 3.70. The lowest BCUT2D eigenvalue weighted by atomic mass is 10.1. The summed E-state index contributed by atoms with van der Waals surface area (Å²) in [5, 5.41) is 13.6. The van der Waals surface area contributed by atoms with E-state index in [9.17, 15) is 4.39 Å². The molecule has 4 rings (SSSR count). The van der Waals surface area contributed by atoms with Crippen LogP contribution in [0.25, 0.3) is 15.5 Å². The molecule has 1 fully saturated rings. The molecule has 1 saturated heterocycles. The van der Waals surface area contributed by atoms with Gasteiger partial charge in [0.25, 0.3) is 0 Å². The third-order valence-electron chi connectivity index (χ3n) is 3.97. The van der Waals surface area contributed by atoms with Gasteiger partial charge < -0.3 is 0 Å². The first-order valence-corrected chi connectivity index (χ1v) is 8.31. The first kappa shape index (κ1) is 13.8. The van der Waals surface area contributed by atoms with Crippen molar-refractivity contribution in [1.82, 2.24) is 24.7 Å². The van der Waals surface area contributed by atoms with Gasteiger partial charge in [-0.1, -0.05) is 29.9 Å². The summed E-state index contributed by atoms with van der Waals surface area (Å²) in [6, 6.07) is 6.69. The Kier molecular flexibility index (Phi) is 3.59. The van der Waals surface area contributed by atoms with E-state index in [-0.39, 0.29) is 5.82 Å². The Morgan fingerprint density at radius 2 is 1.91 bits per heavy atom. The first-order valence-electron chi connectivity index (χ1n) is 7.49. The van der Waals surface area contributed by atoms with Crippen LogP contribution in [0.2, 0.25) is 0 Å². The lowest BCUT2D eigenvalue weighted by Gasteiger charge is -2.25. The molecule has 3 heterocycles. The average Bonchev–Trinajstić information content (AvgIpc) is 3.11. The maximum absolute atomic E-state index is 13.9. The molecule has 7 heteroatoms. The zero-order valence-corrected chi connectivity index (χ0v) is 12.9. The van der Waals surface area contributed by atoms with Gasteiger partial charge >= 0.3 is 0 Å². The molecule has 0 N–H and O–H groups in total. The Hall–Kier alpha value is -1.86. The van der Waals surface area contributed by atoms with E-state index < -0.39 is 0 Å². The molecule has 0 bridgehead atoms. The molecule has 1 aliphatic rings. The number of fused-ring (bicyclic) bond motifs is 1. The van der Waals surface area contributed by atoms with Crippen LogP contribution in [0.5, 0.6) is 0 Å². The molecule has 5 nitrogen and oxygen atoms in total. The van der Waals surface area contributed by atoms with Gasteiger partial charge in [0.15, 0.2) is 10.8 Å². The summed E-state index contributed by atoms with van der Waals surface area (Å²) in [6.45, 7) is 2.94. The highest BCUT2D eigenvalue weighted by molar-refractivity contribution is 7.19. The lowest BCUT2D eigenvalue weighted by Crippen LogP contribution is -2.30. The Bertz CT molecular complexity index is 790. The summed E-state index contributed by atoms with van der Waals surface area (Å²) < 4.78 is 15.6. The molecule has 0 aliphatic carbocycles. The van der Waals surface area contributed by atoms with Gasteiger partial charge in [0.2, 0.25) is 4.96 Å². The fraction of sp³-hybridized carbons (Fsp3) is 0.400. The summed E-state index contributed by atoms with van der Waals surface area (Å²) >= 11 is 1.37. The minimum absolute atomic E-state index is 0.259. The smallest absolute Gasteiger partial charge is 0.235 e. The molecule has 1 aliphatic heterocycles. The third-order valence-corrected chi connectivity index (χ3v) is 4.91. The van der Waals surface area contributed by atoms with E-state index in [2.05, 4.69) is 20.2 Å². The highest BCUT2D eigenvalue weighted by Gasteiger charge is 2.18. The molecule has 0 unspecified atom stereocenters. The molecular formula is C15H16FN5S. The SMILES string of the molecule is Fc1ccccc1-c1nn2c(CN3CCCCC3)nnc2s1. The molecule has 0 atom stereocenters. The van der Waals surface area contributed by atoms with E-state index >= 15 is 0 Å². The summed E-state index contributed by atoms with van der Waals surface area (Å²) in [4.78, 5) is 3.09. The fourth-order valence-electron chi connectivity index (χ4n) is 2.82. The van der Waals surface area contributed by atoms with Crippen LogP contribution in [0, 0.1) is 5.82 Å². The van der Waals surface area contributed by atoms with Crippen LogP contribution in [0.1, 0.15) is 25.1 Å². The maximum atomic E-state index is 13.9. The predicted molar refractivity (Wildman–Crippen MR) is 83.2 cm³/mol. The van der Waals surface area contributed by atoms with Gasteiger partial charge in [0.05, 0.1) is 6.54 Å². The number of halogens is 1. The van der Waals surface area contributed by atoms with Crippen molar-refractivity contribution in [3.63, 3.8) is 0 Å². The van der Waals surface area contributed by atoms with Crippen LogP contribution in [-0.4, -0.2) is 37.8 Å². The van der Waals surface area contributed by atoms with Gasteiger partial charge in [-0.25, -0.2) is 4.39 Å². The van der Waals surface area contributed by atoms with Crippen molar-refractivity contribution in [3.8, 4) is 10.6 Å². The van der Waals surface area contributed by atoms with Gasteiger partial charge in [-0.05, 0) is 38.1 Å². The number of likely N-dealkylation sites (tertiary alicyclic amines) is 1. The van der Waals surface area contributed by atoms with Crippen molar-refractivity contribution >= 4 is 16.3 Å².